The van der Waals surface area contributed by atoms with Crippen molar-refractivity contribution in [2.75, 3.05) is 21.2 Å². The summed E-state index contributed by atoms with van der Waals surface area (Å²) in [7, 11) is 3.99. The van der Waals surface area contributed by atoms with Gasteiger partial charge in [-0.15, -0.1) is 0 Å². The zero-order valence-electron chi connectivity index (χ0n) is 12.1. The maximum absolute atomic E-state index is 12.1. The molecule has 7 nitrogen and oxygen atoms in total. The molecule has 1 aliphatic heterocycles. The first-order chi connectivity index (χ1) is 10.3. The van der Waals surface area contributed by atoms with Gasteiger partial charge in [-0.3, -0.25) is 19.4 Å². The normalized spacial score (nSPS) is 15.5. The fourth-order valence-corrected chi connectivity index (χ4v) is 2.40. The molecule has 2 rings (SSSR count). The highest BCUT2D eigenvalue weighted by atomic mass is 79.9. The van der Waals surface area contributed by atoms with E-state index in [-0.39, 0.29) is 17.1 Å². The van der Waals surface area contributed by atoms with Crippen LogP contribution in [0, 0.1) is 0 Å². The van der Waals surface area contributed by atoms with Gasteiger partial charge in [-0.25, -0.2) is 4.79 Å². The quantitative estimate of drug-likeness (QED) is 0.632. The number of amides is 4. The van der Waals surface area contributed by atoms with Crippen LogP contribution in [0.2, 0.25) is 0 Å². The van der Waals surface area contributed by atoms with Crippen molar-refractivity contribution in [3.8, 4) is 11.5 Å². The Kier molecular flexibility index (Phi) is 4.23. The number of barbiturate groups is 1. The van der Waals surface area contributed by atoms with Gasteiger partial charge in [-0.05, 0) is 23.8 Å². The summed E-state index contributed by atoms with van der Waals surface area (Å²) in [6.45, 7) is 0. The summed E-state index contributed by atoms with van der Waals surface area (Å²) in [6.07, 6.45) is 1.31. The van der Waals surface area contributed by atoms with Crippen molar-refractivity contribution in [1.29, 1.82) is 0 Å². The summed E-state index contributed by atoms with van der Waals surface area (Å²) in [6, 6.07) is 2.18. The zero-order chi connectivity index (χ0) is 16.6. The van der Waals surface area contributed by atoms with E-state index in [9.17, 15) is 19.5 Å². The number of nitrogens with zero attached hydrogens (tertiary/aromatic N) is 2. The molecular weight excluding hydrogens is 356 g/mol. The molecule has 0 aromatic heterocycles. The van der Waals surface area contributed by atoms with Crippen molar-refractivity contribution >= 4 is 39.9 Å². The maximum atomic E-state index is 12.1. The zero-order valence-corrected chi connectivity index (χ0v) is 13.7. The Bertz CT molecular complexity index is 687. The van der Waals surface area contributed by atoms with E-state index in [0.29, 0.717) is 10.0 Å². The summed E-state index contributed by atoms with van der Waals surface area (Å²) < 4.78 is 5.49. The van der Waals surface area contributed by atoms with Crippen LogP contribution in [0.15, 0.2) is 22.2 Å². The minimum Gasteiger partial charge on any atom is -0.504 e. The topological polar surface area (TPSA) is 87.2 Å². The number of phenols is 1. The van der Waals surface area contributed by atoms with Crippen LogP contribution in [0.5, 0.6) is 11.5 Å². The van der Waals surface area contributed by atoms with E-state index in [1.165, 1.54) is 39.4 Å². The van der Waals surface area contributed by atoms with Crippen molar-refractivity contribution in [2.24, 2.45) is 0 Å². The Balaban J connectivity index is 2.52. The minimum atomic E-state index is -0.699. The summed E-state index contributed by atoms with van der Waals surface area (Å²) in [5.41, 5.74) is 0.237. The molecule has 116 valence electrons. The SMILES string of the molecule is COc1cc(Br)c(C=C2C(=O)N(C)C(=O)N(C)C2=O)cc1O. The lowest BCUT2D eigenvalue weighted by molar-refractivity contribution is -0.134. The first kappa shape index (κ1) is 16.0. The van der Waals surface area contributed by atoms with Crippen LogP contribution in [-0.4, -0.2) is 54.0 Å². The lowest BCUT2D eigenvalue weighted by Gasteiger charge is -2.28. The van der Waals surface area contributed by atoms with Crippen molar-refractivity contribution in [2.45, 2.75) is 0 Å². The first-order valence-electron chi connectivity index (χ1n) is 6.16. The molecular formula is C14H13BrN2O5. The molecule has 1 fully saturated rings. The molecule has 4 amide bonds. The molecule has 1 aromatic carbocycles. The molecule has 0 saturated carbocycles. The summed E-state index contributed by atoms with van der Waals surface area (Å²) in [4.78, 5) is 37.6. The van der Waals surface area contributed by atoms with Crippen LogP contribution in [-0.2, 0) is 9.59 Å². The Hall–Kier alpha value is -2.35. The third-order valence-corrected chi connectivity index (χ3v) is 3.93. The molecule has 1 heterocycles. The third kappa shape index (κ3) is 2.57. The number of carbonyl (C=O) groups is 3. The average molecular weight is 369 g/mol. The summed E-state index contributed by atoms with van der Waals surface area (Å²) in [5, 5.41) is 9.80. The van der Waals surface area contributed by atoms with E-state index in [0.717, 1.165) is 9.80 Å². The number of ether oxygens (including phenoxy) is 1. The third-order valence-electron chi connectivity index (χ3n) is 3.24. The van der Waals surface area contributed by atoms with Gasteiger partial charge < -0.3 is 9.84 Å². The molecule has 0 radical (unpaired) electrons. The minimum absolute atomic E-state index is 0.133. The van der Waals surface area contributed by atoms with Crippen LogP contribution >= 0.6 is 15.9 Å². The number of likely N-dealkylation sites (N-methyl/N-ethyl adjacent to an activating group) is 2. The second-order valence-corrected chi connectivity index (χ2v) is 5.47. The van der Waals surface area contributed by atoms with Gasteiger partial charge in [0, 0.05) is 18.6 Å². The molecule has 1 N–H and O–H groups in total. The smallest absolute Gasteiger partial charge is 0.333 e. The van der Waals surface area contributed by atoms with E-state index in [1.54, 1.807) is 0 Å². The number of carbonyl (C=O) groups excluding carboxylic acids is 3. The Morgan fingerprint density at radius 2 is 1.68 bits per heavy atom. The van der Waals surface area contributed by atoms with Gasteiger partial charge >= 0.3 is 6.03 Å². The van der Waals surface area contributed by atoms with Gasteiger partial charge in [0.1, 0.15) is 5.57 Å². The number of phenolic OH excluding ortho intramolecular Hbond substituents is 1. The molecule has 0 spiro atoms. The van der Waals surface area contributed by atoms with Gasteiger partial charge in [0.25, 0.3) is 11.8 Å². The van der Waals surface area contributed by atoms with Crippen LogP contribution < -0.4 is 4.74 Å². The van der Waals surface area contributed by atoms with Gasteiger partial charge in [0.15, 0.2) is 11.5 Å². The lowest BCUT2D eigenvalue weighted by atomic mass is 10.1. The molecule has 0 bridgehead atoms. The number of halogens is 1. The fourth-order valence-electron chi connectivity index (χ4n) is 1.96. The second kappa shape index (κ2) is 5.80. The van der Waals surface area contributed by atoms with E-state index < -0.39 is 17.8 Å². The maximum Gasteiger partial charge on any atom is 0.333 e. The lowest BCUT2D eigenvalue weighted by Crippen LogP contribution is -2.52. The van der Waals surface area contributed by atoms with E-state index >= 15 is 0 Å². The van der Waals surface area contributed by atoms with Gasteiger partial charge in [-0.2, -0.15) is 0 Å². The van der Waals surface area contributed by atoms with Gasteiger partial charge in [0.05, 0.1) is 7.11 Å². The van der Waals surface area contributed by atoms with Crippen LogP contribution in [0.3, 0.4) is 0 Å². The van der Waals surface area contributed by atoms with Crippen molar-refractivity contribution < 1.29 is 24.2 Å². The van der Waals surface area contributed by atoms with Crippen LogP contribution in [0.25, 0.3) is 6.08 Å². The predicted octanol–water partition coefficient (Wildman–Crippen LogP) is 1.60. The summed E-state index contributed by atoms with van der Waals surface area (Å²) >= 11 is 3.28. The Morgan fingerprint density at radius 1 is 1.14 bits per heavy atom. The highest BCUT2D eigenvalue weighted by Crippen LogP contribution is 2.34. The molecule has 0 atom stereocenters. The average Bonchev–Trinajstić information content (AvgIpc) is 2.50. The number of benzene rings is 1. The van der Waals surface area contributed by atoms with E-state index in [1.807, 2.05) is 0 Å². The monoisotopic (exact) mass is 368 g/mol. The number of aromatic hydroxyl groups is 1. The predicted molar refractivity (Wildman–Crippen MR) is 81.3 cm³/mol. The molecule has 1 aromatic rings. The molecule has 0 aliphatic carbocycles. The standard InChI is InChI=1S/C14H13BrN2O5/c1-16-12(19)8(13(20)17(2)14(16)21)4-7-5-10(18)11(22-3)6-9(7)15/h4-6,18H,1-3H3. The highest BCUT2D eigenvalue weighted by molar-refractivity contribution is 9.10. The van der Waals surface area contributed by atoms with Gasteiger partial charge in [-0.1, -0.05) is 15.9 Å². The van der Waals surface area contributed by atoms with Crippen molar-refractivity contribution in [3.63, 3.8) is 0 Å². The molecule has 1 saturated heterocycles. The van der Waals surface area contributed by atoms with E-state index in [2.05, 4.69) is 15.9 Å². The number of urea groups is 1. The van der Waals surface area contributed by atoms with Gasteiger partial charge in [0.2, 0.25) is 0 Å². The van der Waals surface area contributed by atoms with Crippen LogP contribution in [0.4, 0.5) is 4.79 Å². The molecule has 1 aliphatic rings. The van der Waals surface area contributed by atoms with Crippen molar-refractivity contribution in [3.05, 3.63) is 27.7 Å². The number of methoxy groups -OCH3 is 1. The molecule has 8 heteroatoms. The Labute approximate surface area is 134 Å². The number of hydrogen-bond acceptors (Lipinski definition) is 5. The largest absolute Gasteiger partial charge is 0.504 e. The summed E-state index contributed by atoms with van der Waals surface area (Å²) in [5.74, 6) is -1.28. The fraction of sp³-hybridized carbons (Fsp3) is 0.214. The van der Waals surface area contributed by atoms with E-state index in [4.69, 9.17) is 4.74 Å². The molecule has 0 unspecified atom stereocenters. The number of hydrogen-bond donors (Lipinski definition) is 1. The highest BCUT2D eigenvalue weighted by Gasteiger charge is 2.37. The number of imide groups is 2. The molecule has 22 heavy (non-hydrogen) atoms. The van der Waals surface area contributed by atoms with Crippen LogP contribution in [0.1, 0.15) is 5.56 Å². The Morgan fingerprint density at radius 3 is 2.18 bits per heavy atom. The number of rotatable bonds is 2. The van der Waals surface area contributed by atoms with Crippen molar-refractivity contribution in [1.82, 2.24) is 9.80 Å². The first-order valence-corrected chi connectivity index (χ1v) is 6.95. The second-order valence-electron chi connectivity index (χ2n) is 4.61.